The van der Waals surface area contributed by atoms with Crippen LogP contribution in [-0.2, 0) is 4.79 Å². The summed E-state index contributed by atoms with van der Waals surface area (Å²) in [4.78, 5) is 10.7. The number of aliphatic carboxylic acids is 1. The van der Waals surface area contributed by atoms with Gasteiger partial charge in [0.05, 0.1) is 6.42 Å². The smallest absolute Gasteiger partial charge is 0.303 e. The molecule has 1 aliphatic rings. The Hall–Kier alpha value is -1.35. The van der Waals surface area contributed by atoms with Gasteiger partial charge in [0, 0.05) is 0 Å². The largest absolute Gasteiger partial charge is 0.481 e. The molecule has 0 bridgehead atoms. The number of rotatable bonds is 4. The summed E-state index contributed by atoms with van der Waals surface area (Å²) < 4.78 is 0. The lowest BCUT2D eigenvalue weighted by Gasteiger charge is -2.23. The van der Waals surface area contributed by atoms with Crippen LogP contribution in [0.15, 0.2) is 24.3 Å². The van der Waals surface area contributed by atoms with E-state index >= 15 is 0 Å². The first kappa shape index (κ1) is 13.1. The Bertz CT molecular complexity index is 393. The van der Waals surface area contributed by atoms with Crippen molar-refractivity contribution >= 4 is 5.97 Å². The summed E-state index contributed by atoms with van der Waals surface area (Å²) >= 11 is 0. The average Bonchev–Trinajstić information content (AvgIpc) is 2.39. The number of nitrogens with one attached hydrogen (secondary N) is 1. The van der Waals surface area contributed by atoms with Gasteiger partial charge < -0.3 is 10.4 Å². The number of benzene rings is 1. The monoisotopic (exact) mass is 247 g/mol. The first-order valence-corrected chi connectivity index (χ1v) is 6.69. The fourth-order valence-corrected chi connectivity index (χ4v) is 2.63. The summed E-state index contributed by atoms with van der Waals surface area (Å²) in [6.07, 6.45) is 2.60. The topological polar surface area (TPSA) is 49.3 Å². The van der Waals surface area contributed by atoms with Crippen molar-refractivity contribution in [2.24, 2.45) is 0 Å². The number of piperidine rings is 1. The Labute approximate surface area is 108 Å². The van der Waals surface area contributed by atoms with E-state index in [1.165, 1.54) is 18.4 Å². The molecule has 1 aliphatic heterocycles. The lowest BCUT2D eigenvalue weighted by atomic mass is 9.88. The van der Waals surface area contributed by atoms with Gasteiger partial charge in [-0.1, -0.05) is 31.2 Å². The molecule has 1 aromatic carbocycles. The first-order valence-electron chi connectivity index (χ1n) is 6.69. The highest BCUT2D eigenvalue weighted by Crippen LogP contribution is 2.27. The van der Waals surface area contributed by atoms with Crippen LogP contribution in [0.1, 0.15) is 49.1 Å². The van der Waals surface area contributed by atoms with E-state index in [-0.39, 0.29) is 12.3 Å². The molecule has 1 atom stereocenters. The molecule has 98 valence electrons. The maximum atomic E-state index is 10.7. The quantitative estimate of drug-likeness (QED) is 0.860. The molecule has 0 aliphatic carbocycles. The summed E-state index contributed by atoms with van der Waals surface area (Å²) in [5, 5.41) is 12.2. The third-order valence-electron chi connectivity index (χ3n) is 3.80. The molecule has 1 heterocycles. The zero-order valence-corrected chi connectivity index (χ0v) is 10.9. The molecule has 0 saturated carbocycles. The van der Waals surface area contributed by atoms with Gasteiger partial charge in [0.25, 0.3) is 0 Å². The second-order valence-corrected chi connectivity index (χ2v) is 5.19. The Balaban J connectivity index is 2.02. The molecule has 1 saturated heterocycles. The van der Waals surface area contributed by atoms with Crippen LogP contribution in [0.2, 0.25) is 0 Å². The van der Waals surface area contributed by atoms with Crippen molar-refractivity contribution in [3.05, 3.63) is 35.4 Å². The third-order valence-corrected chi connectivity index (χ3v) is 3.80. The number of carboxylic acids is 1. The van der Waals surface area contributed by atoms with Crippen LogP contribution in [0, 0.1) is 0 Å². The van der Waals surface area contributed by atoms with Crippen molar-refractivity contribution in [3.63, 3.8) is 0 Å². The fraction of sp³-hybridized carbons (Fsp3) is 0.533. The molecule has 1 aromatic rings. The highest BCUT2D eigenvalue weighted by Gasteiger charge is 2.16. The summed E-state index contributed by atoms with van der Waals surface area (Å²) in [6.45, 7) is 4.16. The predicted octanol–water partition coefficient (Wildman–Crippen LogP) is 2.73. The second kappa shape index (κ2) is 6.01. The van der Waals surface area contributed by atoms with E-state index in [0.29, 0.717) is 5.92 Å². The number of hydrogen-bond donors (Lipinski definition) is 2. The van der Waals surface area contributed by atoms with Crippen molar-refractivity contribution in [3.8, 4) is 0 Å². The van der Waals surface area contributed by atoms with E-state index in [2.05, 4.69) is 29.6 Å². The highest BCUT2D eigenvalue weighted by molar-refractivity contribution is 5.67. The lowest BCUT2D eigenvalue weighted by Crippen LogP contribution is -2.26. The SMILES string of the molecule is CC(CC(=O)O)c1ccc(C2CCNCC2)cc1. The molecule has 1 unspecified atom stereocenters. The summed E-state index contributed by atoms with van der Waals surface area (Å²) in [5.41, 5.74) is 2.51. The number of hydrogen-bond acceptors (Lipinski definition) is 2. The molecule has 3 heteroatoms. The number of carbonyl (C=O) groups is 1. The Morgan fingerprint density at radius 3 is 2.50 bits per heavy atom. The van der Waals surface area contributed by atoms with Crippen LogP contribution >= 0.6 is 0 Å². The lowest BCUT2D eigenvalue weighted by molar-refractivity contribution is -0.137. The predicted molar refractivity (Wildman–Crippen MR) is 72.0 cm³/mol. The van der Waals surface area contributed by atoms with Crippen LogP contribution in [0.5, 0.6) is 0 Å². The zero-order valence-electron chi connectivity index (χ0n) is 10.9. The first-order chi connectivity index (χ1) is 8.66. The van der Waals surface area contributed by atoms with Gasteiger partial charge in [-0.15, -0.1) is 0 Å². The summed E-state index contributed by atoms with van der Waals surface area (Å²) in [6, 6.07) is 8.52. The van der Waals surface area contributed by atoms with Gasteiger partial charge in [-0.2, -0.15) is 0 Å². The molecule has 2 N–H and O–H groups in total. The zero-order chi connectivity index (χ0) is 13.0. The second-order valence-electron chi connectivity index (χ2n) is 5.19. The van der Waals surface area contributed by atoms with E-state index in [1.54, 1.807) is 0 Å². The van der Waals surface area contributed by atoms with Gasteiger partial charge >= 0.3 is 5.97 Å². The van der Waals surface area contributed by atoms with E-state index in [0.717, 1.165) is 18.7 Å². The Morgan fingerprint density at radius 2 is 1.94 bits per heavy atom. The Kier molecular flexibility index (Phi) is 4.37. The molecule has 18 heavy (non-hydrogen) atoms. The van der Waals surface area contributed by atoms with Crippen molar-refractivity contribution in [2.45, 2.75) is 38.0 Å². The fourth-order valence-electron chi connectivity index (χ4n) is 2.63. The van der Waals surface area contributed by atoms with Gasteiger partial charge in [-0.25, -0.2) is 0 Å². The van der Waals surface area contributed by atoms with Crippen LogP contribution < -0.4 is 5.32 Å². The van der Waals surface area contributed by atoms with E-state index in [1.807, 2.05) is 6.92 Å². The van der Waals surface area contributed by atoms with Gasteiger partial charge in [0.1, 0.15) is 0 Å². The molecular weight excluding hydrogens is 226 g/mol. The molecule has 3 nitrogen and oxygen atoms in total. The van der Waals surface area contributed by atoms with Gasteiger partial charge in [-0.3, -0.25) is 4.79 Å². The Morgan fingerprint density at radius 1 is 1.33 bits per heavy atom. The van der Waals surface area contributed by atoms with E-state index in [4.69, 9.17) is 5.11 Å². The standard InChI is InChI=1S/C15H21NO2/c1-11(10-15(17)18)12-2-4-13(5-3-12)14-6-8-16-9-7-14/h2-5,11,14,16H,6-10H2,1H3,(H,17,18). The molecule has 0 aromatic heterocycles. The minimum atomic E-state index is -0.732. The summed E-state index contributed by atoms with van der Waals surface area (Å²) in [7, 11) is 0. The van der Waals surface area contributed by atoms with E-state index in [9.17, 15) is 4.79 Å². The molecular formula is C15H21NO2. The minimum Gasteiger partial charge on any atom is -0.481 e. The van der Waals surface area contributed by atoms with Gasteiger partial charge in [0.15, 0.2) is 0 Å². The maximum Gasteiger partial charge on any atom is 0.303 e. The average molecular weight is 247 g/mol. The van der Waals surface area contributed by atoms with Crippen molar-refractivity contribution in [1.82, 2.24) is 5.32 Å². The van der Waals surface area contributed by atoms with Crippen molar-refractivity contribution in [2.75, 3.05) is 13.1 Å². The van der Waals surface area contributed by atoms with E-state index < -0.39 is 5.97 Å². The maximum absolute atomic E-state index is 10.7. The summed E-state index contributed by atoms with van der Waals surface area (Å²) in [5.74, 6) is 0.0181. The molecule has 1 fully saturated rings. The highest BCUT2D eigenvalue weighted by atomic mass is 16.4. The minimum absolute atomic E-state index is 0.0876. The third kappa shape index (κ3) is 3.33. The van der Waals surface area contributed by atoms with Crippen LogP contribution in [-0.4, -0.2) is 24.2 Å². The molecule has 0 radical (unpaired) electrons. The molecule has 0 spiro atoms. The van der Waals surface area contributed by atoms with Crippen molar-refractivity contribution in [1.29, 1.82) is 0 Å². The van der Waals surface area contributed by atoms with Gasteiger partial charge in [0.2, 0.25) is 0 Å². The van der Waals surface area contributed by atoms with Crippen LogP contribution in [0.4, 0.5) is 0 Å². The van der Waals surface area contributed by atoms with Crippen LogP contribution in [0.25, 0.3) is 0 Å². The van der Waals surface area contributed by atoms with Crippen molar-refractivity contribution < 1.29 is 9.90 Å². The molecule has 2 rings (SSSR count). The van der Waals surface area contributed by atoms with Gasteiger partial charge in [-0.05, 0) is 48.9 Å². The van der Waals surface area contributed by atoms with Crippen LogP contribution in [0.3, 0.4) is 0 Å². The normalized spacial score (nSPS) is 18.5. The molecule has 0 amide bonds. The number of carboxylic acid groups (broad SMARTS) is 1.